The lowest BCUT2D eigenvalue weighted by Crippen LogP contribution is -2.49. The molecule has 170 valence electrons. The standard InChI is InChI=1S/C24H34N2O5/c1-24(2,3)31-23(29)26-14-17-9-11-19(17)21(27)25-13-18-10-12-20(18)22(28)30-15-16-7-5-4-6-8-16/h4-8,17-20H,9-15H2,1-3H3,(H,25,27)(H,26,29)/t17-,18-,19-,20-/m1/s1. The molecule has 0 aliphatic heterocycles. The molecule has 0 aromatic heterocycles. The van der Waals surface area contributed by atoms with Crippen LogP contribution < -0.4 is 10.6 Å². The maximum absolute atomic E-state index is 12.6. The van der Waals surface area contributed by atoms with Gasteiger partial charge in [0.2, 0.25) is 5.91 Å². The third kappa shape index (κ3) is 6.71. The topological polar surface area (TPSA) is 93.7 Å². The van der Waals surface area contributed by atoms with E-state index in [2.05, 4.69) is 10.6 Å². The second-order valence-corrected chi connectivity index (χ2v) is 9.61. The quantitative estimate of drug-likeness (QED) is 0.617. The number of alkyl carbamates (subject to hydrolysis) is 1. The van der Waals surface area contributed by atoms with E-state index in [4.69, 9.17) is 9.47 Å². The summed E-state index contributed by atoms with van der Waals surface area (Å²) in [7, 11) is 0. The molecule has 0 radical (unpaired) electrons. The molecule has 2 fully saturated rings. The van der Waals surface area contributed by atoms with Crippen molar-refractivity contribution in [2.45, 2.75) is 58.7 Å². The van der Waals surface area contributed by atoms with Gasteiger partial charge in [0.05, 0.1) is 5.92 Å². The fourth-order valence-corrected chi connectivity index (χ4v) is 4.01. The predicted octanol–water partition coefficient (Wildman–Crippen LogP) is 3.42. The molecule has 1 aromatic rings. The highest BCUT2D eigenvalue weighted by atomic mass is 16.6. The SMILES string of the molecule is CC(C)(C)OC(=O)NC[C@H]1CC[C@H]1C(=O)NC[C@H]1CC[C@H]1C(=O)OCc1ccccc1. The van der Waals surface area contributed by atoms with Gasteiger partial charge in [-0.15, -0.1) is 0 Å². The van der Waals surface area contributed by atoms with Crippen LogP contribution in [-0.4, -0.2) is 36.7 Å². The minimum atomic E-state index is -0.540. The van der Waals surface area contributed by atoms with Gasteiger partial charge in [0.15, 0.2) is 0 Å². The molecular weight excluding hydrogens is 396 g/mol. The Labute approximate surface area is 184 Å². The van der Waals surface area contributed by atoms with Crippen molar-refractivity contribution in [2.75, 3.05) is 13.1 Å². The number of rotatable bonds is 8. The van der Waals surface area contributed by atoms with Crippen LogP contribution in [-0.2, 0) is 25.7 Å². The van der Waals surface area contributed by atoms with E-state index >= 15 is 0 Å². The number of esters is 1. The van der Waals surface area contributed by atoms with E-state index in [0.29, 0.717) is 13.1 Å². The van der Waals surface area contributed by atoms with Gasteiger partial charge in [-0.3, -0.25) is 9.59 Å². The molecule has 3 rings (SSSR count). The van der Waals surface area contributed by atoms with Gasteiger partial charge in [0.25, 0.3) is 0 Å². The Morgan fingerprint density at radius 1 is 0.903 bits per heavy atom. The van der Waals surface area contributed by atoms with Gasteiger partial charge >= 0.3 is 12.1 Å². The number of carbonyl (C=O) groups is 3. The van der Waals surface area contributed by atoms with Crippen molar-refractivity contribution in [1.29, 1.82) is 0 Å². The summed E-state index contributed by atoms with van der Waals surface area (Å²) in [6.45, 7) is 6.66. The molecule has 2 saturated carbocycles. The third-order valence-corrected chi connectivity index (χ3v) is 6.14. The molecular formula is C24H34N2O5. The average molecular weight is 431 g/mol. The van der Waals surface area contributed by atoms with E-state index in [1.165, 1.54) is 0 Å². The molecule has 7 nitrogen and oxygen atoms in total. The number of ether oxygens (including phenoxy) is 2. The van der Waals surface area contributed by atoms with Crippen molar-refractivity contribution in [2.24, 2.45) is 23.7 Å². The summed E-state index contributed by atoms with van der Waals surface area (Å²) in [5.41, 5.74) is 0.429. The van der Waals surface area contributed by atoms with Gasteiger partial charge in [-0.1, -0.05) is 30.3 Å². The maximum Gasteiger partial charge on any atom is 0.407 e. The molecule has 2 amide bonds. The smallest absolute Gasteiger partial charge is 0.407 e. The average Bonchev–Trinajstić information content (AvgIpc) is 2.64. The number of amides is 2. The Kier molecular flexibility index (Phi) is 7.57. The van der Waals surface area contributed by atoms with Crippen LogP contribution >= 0.6 is 0 Å². The molecule has 7 heteroatoms. The van der Waals surface area contributed by atoms with Crippen LogP contribution in [0.5, 0.6) is 0 Å². The van der Waals surface area contributed by atoms with Crippen LogP contribution in [0.1, 0.15) is 52.0 Å². The Balaban J connectivity index is 1.35. The van der Waals surface area contributed by atoms with Gasteiger partial charge in [-0.25, -0.2) is 4.79 Å². The fraction of sp³-hybridized carbons (Fsp3) is 0.625. The molecule has 2 aliphatic carbocycles. The highest BCUT2D eigenvalue weighted by Crippen LogP contribution is 2.36. The summed E-state index contributed by atoms with van der Waals surface area (Å²) >= 11 is 0. The van der Waals surface area contributed by atoms with Gasteiger partial charge in [-0.2, -0.15) is 0 Å². The van der Waals surface area contributed by atoms with E-state index in [-0.39, 0.29) is 42.2 Å². The number of benzene rings is 1. The molecule has 2 aliphatic rings. The van der Waals surface area contributed by atoms with Crippen molar-refractivity contribution in [3.05, 3.63) is 35.9 Å². The molecule has 4 atom stereocenters. The second kappa shape index (κ2) is 10.2. The molecule has 2 N–H and O–H groups in total. The lowest BCUT2D eigenvalue weighted by molar-refractivity contribution is -0.156. The Hall–Kier alpha value is -2.57. The molecule has 0 bridgehead atoms. The van der Waals surface area contributed by atoms with Crippen LogP contribution in [0.4, 0.5) is 4.79 Å². The van der Waals surface area contributed by atoms with E-state index < -0.39 is 11.7 Å². The first-order valence-electron chi connectivity index (χ1n) is 11.2. The fourth-order valence-electron chi connectivity index (χ4n) is 4.01. The van der Waals surface area contributed by atoms with Crippen molar-refractivity contribution < 1.29 is 23.9 Å². The highest BCUT2D eigenvalue weighted by molar-refractivity contribution is 5.80. The summed E-state index contributed by atoms with van der Waals surface area (Å²) in [5.74, 6) is -0.164. The highest BCUT2D eigenvalue weighted by Gasteiger charge is 2.40. The third-order valence-electron chi connectivity index (χ3n) is 6.14. The molecule has 1 aromatic carbocycles. The molecule has 0 unspecified atom stereocenters. The first-order valence-corrected chi connectivity index (χ1v) is 11.2. The first-order chi connectivity index (χ1) is 14.7. The number of hydrogen-bond donors (Lipinski definition) is 2. The van der Waals surface area contributed by atoms with Crippen LogP contribution in [0.25, 0.3) is 0 Å². The van der Waals surface area contributed by atoms with E-state index in [0.717, 1.165) is 31.2 Å². The maximum atomic E-state index is 12.6. The molecule has 0 saturated heterocycles. The summed E-state index contributed by atoms with van der Waals surface area (Å²) in [4.78, 5) is 36.7. The summed E-state index contributed by atoms with van der Waals surface area (Å²) in [6.07, 6.45) is 3.00. The Morgan fingerprint density at radius 2 is 1.52 bits per heavy atom. The number of carbonyl (C=O) groups excluding carboxylic acids is 3. The first kappa shape index (κ1) is 23.1. The summed E-state index contributed by atoms with van der Waals surface area (Å²) in [5, 5.41) is 5.77. The zero-order chi connectivity index (χ0) is 22.4. The minimum Gasteiger partial charge on any atom is -0.461 e. The van der Waals surface area contributed by atoms with E-state index in [9.17, 15) is 14.4 Å². The summed E-state index contributed by atoms with van der Waals surface area (Å²) in [6, 6.07) is 9.62. The van der Waals surface area contributed by atoms with Crippen LogP contribution in [0, 0.1) is 23.7 Å². The van der Waals surface area contributed by atoms with E-state index in [1.807, 2.05) is 51.1 Å². The second-order valence-electron chi connectivity index (χ2n) is 9.61. The number of nitrogens with one attached hydrogen (secondary N) is 2. The lowest BCUT2D eigenvalue weighted by atomic mass is 9.72. The monoisotopic (exact) mass is 430 g/mol. The zero-order valence-corrected chi connectivity index (χ0v) is 18.7. The van der Waals surface area contributed by atoms with Crippen molar-refractivity contribution in [3.8, 4) is 0 Å². The van der Waals surface area contributed by atoms with Gasteiger partial charge in [-0.05, 0) is 63.9 Å². The molecule has 31 heavy (non-hydrogen) atoms. The predicted molar refractivity (Wildman–Crippen MR) is 116 cm³/mol. The van der Waals surface area contributed by atoms with Gasteiger partial charge < -0.3 is 20.1 Å². The van der Waals surface area contributed by atoms with Crippen molar-refractivity contribution in [1.82, 2.24) is 10.6 Å². The molecule has 0 heterocycles. The van der Waals surface area contributed by atoms with Crippen molar-refractivity contribution in [3.63, 3.8) is 0 Å². The van der Waals surface area contributed by atoms with Crippen LogP contribution in [0.3, 0.4) is 0 Å². The largest absolute Gasteiger partial charge is 0.461 e. The molecule has 0 spiro atoms. The minimum absolute atomic E-state index is 0.00513. The van der Waals surface area contributed by atoms with Crippen LogP contribution in [0.15, 0.2) is 30.3 Å². The van der Waals surface area contributed by atoms with Crippen molar-refractivity contribution >= 4 is 18.0 Å². The number of hydrogen-bond acceptors (Lipinski definition) is 5. The van der Waals surface area contributed by atoms with Gasteiger partial charge in [0, 0.05) is 19.0 Å². The normalized spacial score (nSPS) is 24.9. The lowest BCUT2D eigenvalue weighted by Gasteiger charge is -2.38. The Morgan fingerprint density at radius 3 is 2.10 bits per heavy atom. The van der Waals surface area contributed by atoms with Crippen LogP contribution in [0.2, 0.25) is 0 Å². The zero-order valence-electron chi connectivity index (χ0n) is 18.7. The van der Waals surface area contributed by atoms with E-state index in [1.54, 1.807) is 0 Å². The Bertz CT molecular complexity index is 774. The summed E-state index contributed by atoms with van der Waals surface area (Å²) < 4.78 is 10.7. The van der Waals surface area contributed by atoms with Gasteiger partial charge in [0.1, 0.15) is 12.2 Å².